The summed E-state index contributed by atoms with van der Waals surface area (Å²) >= 11 is 0. The van der Waals surface area contributed by atoms with Crippen molar-refractivity contribution in [3.63, 3.8) is 0 Å². The zero-order valence-electron chi connectivity index (χ0n) is 22.9. The van der Waals surface area contributed by atoms with Crippen LogP contribution < -0.4 is 27.4 Å². The number of carboxylic acid groups (broad SMARTS) is 1. The molecule has 3 amide bonds. The Kier molecular flexibility index (Phi) is 13.1. The number of unbranched alkanes of at least 4 members (excludes halogenated alkanes) is 1. The molecule has 40 heavy (non-hydrogen) atoms. The molecule has 2 aromatic rings. The molecule has 1 heterocycles. The van der Waals surface area contributed by atoms with Crippen LogP contribution in [0.2, 0.25) is 0 Å². The number of imidazole rings is 1. The first-order valence-electron chi connectivity index (χ1n) is 13.4. The SMILES string of the molecule is CCC(C)C(NC(=O)C(Cc1ccc(O)cc1)NC(=O)C(N)Cc1cnc[nH]1)C(=O)NC(CCCCN)C(=O)O. The largest absolute Gasteiger partial charge is 0.508 e. The molecule has 0 fully saturated rings. The highest BCUT2D eigenvalue weighted by atomic mass is 16.4. The molecule has 5 unspecified atom stereocenters. The summed E-state index contributed by atoms with van der Waals surface area (Å²) in [7, 11) is 0. The van der Waals surface area contributed by atoms with Gasteiger partial charge in [0.05, 0.1) is 12.4 Å². The average Bonchev–Trinajstić information content (AvgIpc) is 3.44. The molecule has 0 bridgehead atoms. The normalized spacial score (nSPS) is 14.8. The van der Waals surface area contributed by atoms with E-state index in [2.05, 4.69) is 25.9 Å². The van der Waals surface area contributed by atoms with Gasteiger partial charge in [-0.15, -0.1) is 0 Å². The number of hydrogen-bond donors (Lipinski definition) is 8. The third kappa shape index (κ3) is 10.3. The van der Waals surface area contributed by atoms with Gasteiger partial charge in [0.15, 0.2) is 0 Å². The molecule has 0 saturated carbocycles. The number of carbonyl (C=O) groups is 4. The first kappa shape index (κ1) is 32.2. The number of phenolic OH excluding ortho intramolecular Hbond substituents is 1. The number of aliphatic carboxylic acids is 1. The summed E-state index contributed by atoms with van der Waals surface area (Å²) in [6.45, 7) is 4.02. The molecule has 10 N–H and O–H groups in total. The van der Waals surface area contributed by atoms with Crippen LogP contribution in [-0.4, -0.2) is 74.6 Å². The lowest BCUT2D eigenvalue weighted by Gasteiger charge is -2.28. The Morgan fingerprint density at radius 1 is 0.975 bits per heavy atom. The molecule has 1 aromatic carbocycles. The Morgan fingerprint density at radius 3 is 2.23 bits per heavy atom. The zero-order valence-corrected chi connectivity index (χ0v) is 22.9. The van der Waals surface area contributed by atoms with Gasteiger partial charge >= 0.3 is 5.97 Å². The second-order valence-electron chi connectivity index (χ2n) is 9.87. The van der Waals surface area contributed by atoms with Crippen LogP contribution in [0.3, 0.4) is 0 Å². The monoisotopic (exact) mass is 559 g/mol. The Labute approximate surface area is 233 Å². The number of phenols is 1. The van der Waals surface area contributed by atoms with Crippen molar-refractivity contribution in [3.8, 4) is 5.75 Å². The summed E-state index contributed by atoms with van der Waals surface area (Å²) in [6.07, 6.45) is 5.09. The first-order valence-corrected chi connectivity index (χ1v) is 13.4. The third-order valence-corrected chi connectivity index (χ3v) is 6.70. The van der Waals surface area contributed by atoms with E-state index in [0.717, 1.165) is 0 Å². The van der Waals surface area contributed by atoms with Crippen LogP contribution in [0, 0.1) is 5.92 Å². The van der Waals surface area contributed by atoms with Gasteiger partial charge in [-0.1, -0.05) is 32.4 Å². The number of aromatic hydroxyl groups is 1. The standard InChI is InChI=1S/C27H41N7O6/c1-3-16(2)23(26(38)32-21(27(39)40)6-4-5-11-28)34-25(37)22(12-17-7-9-19(35)10-8-17)33-24(36)20(29)13-18-14-30-15-31-18/h7-10,14-16,20-23,35H,3-6,11-13,28-29H2,1-2H3,(H,30,31)(H,32,38)(H,33,36)(H,34,37)(H,39,40). The maximum atomic E-state index is 13.5. The fraction of sp³-hybridized carbons (Fsp3) is 0.519. The number of rotatable bonds is 17. The van der Waals surface area contributed by atoms with Crippen LogP contribution in [0.15, 0.2) is 36.8 Å². The van der Waals surface area contributed by atoms with E-state index in [1.165, 1.54) is 18.5 Å². The van der Waals surface area contributed by atoms with Crippen LogP contribution in [0.4, 0.5) is 0 Å². The van der Waals surface area contributed by atoms with Crippen molar-refractivity contribution in [1.82, 2.24) is 25.9 Å². The second-order valence-corrected chi connectivity index (χ2v) is 9.87. The quantitative estimate of drug-likeness (QED) is 0.121. The minimum atomic E-state index is -1.18. The summed E-state index contributed by atoms with van der Waals surface area (Å²) in [4.78, 5) is 58.2. The van der Waals surface area contributed by atoms with E-state index in [9.17, 15) is 29.4 Å². The van der Waals surface area contributed by atoms with Crippen molar-refractivity contribution in [2.75, 3.05) is 6.54 Å². The highest BCUT2D eigenvalue weighted by Gasteiger charge is 2.33. The van der Waals surface area contributed by atoms with Crippen LogP contribution in [-0.2, 0) is 32.0 Å². The number of nitrogens with zero attached hydrogens (tertiary/aromatic N) is 1. The molecule has 5 atom stereocenters. The number of aromatic amines is 1. The van der Waals surface area contributed by atoms with Gasteiger partial charge in [-0.3, -0.25) is 14.4 Å². The van der Waals surface area contributed by atoms with Crippen LogP contribution in [0.25, 0.3) is 0 Å². The molecule has 13 heteroatoms. The Bertz CT molecular complexity index is 1090. The molecule has 2 rings (SSSR count). The van der Waals surface area contributed by atoms with Crippen molar-refractivity contribution < 1.29 is 29.4 Å². The van der Waals surface area contributed by atoms with Gasteiger partial charge in [0.2, 0.25) is 17.7 Å². The molecule has 13 nitrogen and oxygen atoms in total. The maximum absolute atomic E-state index is 13.5. The van der Waals surface area contributed by atoms with Gasteiger partial charge in [0.25, 0.3) is 0 Å². The van der Waals surface area contributed by atoms with E-state index < -0.39 is 47.9 Å². The number of carbonyl (C=O) groups excluding carboxylic acids is 3. The predicted molar refractivity (Wildman–Crippen MR) is 148 cm³/mol. The van der Waals surface area contributed by atoms with Crippen molar-refractivity contribution in [1.29, 1.82) is 0 Å². The van der Waals surface area contributed by atoms with Crippen molar-refractivity contribution >= 4 is 23.7 Å². The fourth-order valence-corrected chi connectivity index (χ4v) is 4.05. The minimum absolute atomic E-state index is 0.0447. The van der Waals surface area contributed by atoms with Gasteiger partial charge in [-0.25, -0.2) is 9.78 Å². The van der Waals surface area contributed by atoms with E-state index >= 15 is 0 Å². The lowest BCUT2D eigenvalue weighted by molar-refractivity contribution is -0.143. The summed E-state index contributed by atoms with van der Waals surface area (Å²) in [5.74, 6) is -3.32. The molecule has 0 radical (unpaired) electrons. The topological polar surface area (TPSA) is 226 Å². The number of benzene rings is 1. The number of hydrogen-bond acceptors (Lipinski definition) is 8. The molecule has 0 aliphatic rings. The molecular formula is C27H41N7O6. The summed E-state index contributed by atoms with van der Waals surface area (Å²) in [5.41, 5.74) is 12.9. The smallest absolute Gasteiger partial charge is 0.326 e. The van der Waals surface area contributed by atoms with Gasteiger partial charge < -0.3 is 42.6 Å². The fourth-order valence-electron chi connectivity index (χ4n) is 4.05. The summed E-state index contributed by atoms with van der Waals surface area (Å²) < 4.78 is 0. The number of H-pyrrole nitrogens is 1. The second kappa shape index (κ2) is 16.2. The molecule has 0 spiro atoms. The molecule has 1 aromatic heterocycles. The maximum Gasteiger partial charge on any atom is 0.326 e. The lowest BCUT2D eigenvalue weighted by Crippen LogP contribution is -2.59. The van der Waals surface area contributed by atoms with Crippen LogP contribution in [0.5, 0.6) is 5.75 Å². The van der Waals surface area contributed by atoms with Gasteiger partial charge in [-0.05, 0) is 49.4 Å². The van der Waals surface area contributed by atoms with Crippen molar-refractivity contribution in [2.24, 2.45) is 17.4 Å². The van der Waals surface area contributed by atoms with Crippen LogP contribution >= 0.6 is 0 Å². The molecule has 0 saturated heterocycles. The minimum Gasteiger partial charge on any atom is -0.508 e. The Morgan fingerprint density at radius 2 is 1.65 bits per heavy atom. The van der Waals surface area contributed by atoms with E-state index in [0.29, 0.717) is 37.1 Å². The lowest BCUT2D eigenvalue weighted by atomic mass is 9.96. The number of carboxylic acids is 1. The molecule has 220 valence electrons. The van der Waals surface area contributed by atoms with Crippen molar-refractivity contribution in [2.45, 2.75) is 76.5 Å². The van der Waals surface area contributed by atoms with E-state index in [1.54, 1.807) is 25.3 Å². The third-order valence-electron chi connectivity index (χ3n) is 6.70. The van der Waals surface area contributed by atoms with E-state index in [4.69, 9.17) is 11.5 Å². The van der Waals surface area contributed by atoms with Gasteiger partial charge in [0.1, 0.15) is 23.9 Å². The number of nitrogens with two attached hydrogens (primary N) is 2. The number of aromatic nitrogens is 2. The van der Waals surface area contributed by atoms with E-state index in [-0.39, 0.29) is 30.9 Å². The molecular weight excluding hydrogens is 518 g/mol. The highest BCUT2D eigenvalue weighted by molar-refractivity contribution is 5.94. The zero-order chi connectivity index (χ0) is 29.7. The summed E-state index contributed by atoms with van der Waals surface area (Å²) in [6, 6.07) is 1.89. The predicted octanol–water partition coefficient (Wildman–Crippen LogP) is -0.0581. The van der Waals surface area contributed by atoms with Gasteiger partial charge in [-0.2, -0.15) is 0 Å². The highest BCUT2D eigenvalue weighted by Crippen LogP contribution is 2.14. The van der Waals surface area contributed by atoms with E-state index in [1.807, 2.05) is 6.92 Å². The Hall–Kier alpha value is -3.97. The van der Waals surface area contributed by atoms with Crippen LogP contribution in [0.1, 0.15) is 50.8 Å². The molecule has 0 aliphatic heterocycles. The van der Waals surface area contributed by atoms with Crippen molar-refractivity contribution in [3.05, 3.63) is 48.0 Å². The number of amides is 3. The summed E-state index contributed by atoms with van der Waals surface area (Å²) in [5, 5.41) is 27.1. The first-order chi connectivity index (χ1) is 19.0. The number of nitrogens with one attached hydrogen (secondary N) is 4. The molecule has 0 aliphatic carbocycles. The Balaban J connectivity index is 2.21. The van der Waals surface area contributed by atoms with Gasteiger partial charge in [0, 0.05) is 24.7 Å². The average molecular weight is 560 g/mol.